The van der Waals surface area contributed by atoms with Crippen molar-refractivity contribution in [1.29, 1.82) is 0 Å². The van der Waals surface area contributed by atoms with Crippen LogP contribution in [0.2, 0.25) is 0 Å². The van der Waals surface area contributed by atoms with Crippen molar-refractivity contribution in [3.05, 3.63) is 53.8 Å². The Balaban J connectivity index is 2.00. The first kappa shape index (κ1) is 17.3. The van der Waals surface area contributed by atoms with E-state index in [0.717, 1.165) is 6.21 Å². The zero-order valence-electron chi connectivity index (χ0n) is 13.0. The molecule has 2 aromatic rings. The number of carbonyl (C=O) groups is 1. The molecule has 126 valence electrons. The number of halogens is 1. The van der Waals surface area contributed by atoms with Crippen LogP contribution in [0, 0.1) is 5.82 Å². The Bertz CT molecular complexity index is 729. The van der Waals surface area contributed by atoms with Crippen LogP contribution in [0.25, 0.3) is 0 Å². The van der Waals surface area contributed by atoms with Gasteiger partial charge in [0.15, 0.2) is 0 Å². The second kappa shape index (κ2) is 7.96. The van der Waals surface area contributed by atoms with Crippen LogP contribution < -0.4 is 10.7 Å². The van der Waals surface area contributed by atoms with Crippen molar-refractivity contribution in [2.24, 2.45) is 5.10 Å². The van der Waals surface area contributed by atoms with Gasteiger partial charge in [0.25, 0.3) is 5.91 Å². The number of nitrogens with zero attached hydrogens (tertiary/aromatic N) is 1. The lowest BCUT2D eigenvalue weighted by Gasteiger charge is -2.16. The van der Waals surface area contributed by atoms with Crippen molar-refractivity contribution < 1.29 is 19.4 Å². The quantitative estimate of drug-likeness (QED) is 0.483. The topological polar surface area (TPSA) is 94.0 Å². The lowest BCUT2D eigenvalue weighted by atomic mass is 10.2. The number of carbonyl (C=O) groups excluding carboxylic acids is 1. The fraction of sp³-hybridized carbons (Fsp3) is 0.176. The summed E-state index contributed by atoms with van der Waals surface area (Å²) in [5.74, 6) is -1.13. The van der Waals surface area contributed by atoms with Crippen LogP contribution in [-0.4, -0.2) is 28.4 Å². The summed E-state index contributed by atoms with van der Waals surface area (Å²) >= 11 is 0. The van der Waals surface area contributed by atoms with Gasteiger partial charge in [-0.25, -0.2) is 9.82 Å². The molecule has 0 aliphatic heterocycles. The predicted molar refractivity (Wildman–Crippen MR) is 89.6 cm³/mol. The molecule has 0 aliphatic rings. The summed E-state index contributed by atoms with van der Waals surface area (Å²) in [4.78, 5) is 12.1. The standard InChI is InChI=1S/C17H18FN3O3/c1-2-14(20-12-6-3-5-11(18)9-12)17(24)21-19-10-13-15(22)7-4-8-16(13)23/h3-10,14,20,22-23H,2H2,1H3,(H,21,24). The minimum atomic E-state index is -0.609. The van der Waals surface area contributed by atoms with E-state index in [0.29, 0.717) is 12.1 Å². The van der Waals surface area contributed by atoms with E-state index >= 15 is 0 Å². The second-order valence-electron chi connectivity index (χ2n) is 5.06. The number of hydrogen-bond donors (Lipinski definition) is 4. The lowest BCUT2D eigenvalue weighted by Crippen LogP contribution is -2.36. The van der Waals surface area contributed by atoms with Gasteiger partial charge in [0.1, 0.15) is 23.4 Å². The normalized spacial score (nSPS) is 12.1. The zero-order chi connectivity index (χ0) is 17.5. The highest BCUT2D eigenvalue weighted by Gasteiger charge is 2.15. The molecule has 7 heteroatoms. The van der Waals surface area contributed by atoms with E-state index in [2.05, 4.69) is 15.8 Å². The molecule has 6 nitrogen and oxygen atoms in total. The molecule has 0 saturated carbocycles. The first-order valence-corrected chi connectivity index (χ1v) is 7.37. The fourth-order valence-corrected chi connectivity index (χ4v) is 2.04. The number of anilines is 1. The Morgan fingerprint density at radius 3 is 2.54 bits per heavy atom. The average molecular weight is 331 g/mol. The van der Waals surface area contributed by atoms with Crippen LogP contribution in [0.15, 0.2) is 47.6 Å². The van der Waals surface area contributed by atoms with E-state index < -0.39 is 17.8 Å². The van der Waals surface area contributed by atoms with Crippen molar-refractivity contribution in [3.63, 3.8) is 0 Å². The van der Waals surface area contributed by atoms with Crippen LogP contribution in [0.5, 0.6) is 11.5 Å². The number of aromatic hydroxyl groups is 2. The van der Waals surface area contributed by atoms with Gasteiger partial charge in [-0.1, -0.05) is 19.1 Å². The van der Waals surface area contributed by atoms with Gasteiger partial charge < -0.3 is 15.5 Å². The number of hydrogen-bond acceptors (Lipinski definition) is 5. The van der Waals surface area contributed by atoms with Crippen molar-refractivity contribution >= 4 is 17.8 Å². The largest absolute Gasteiger partial charge is 0.507 e. The van der Waals surface area contributed by atoms with E-state index in [1.54, 1.807) is 19.1 Å². The van der Waals surface area contributed by atoms with E-state index in [9.17, 15) is 19.4 Å². The smallest absolute Gasteiger partial charge is 0.262 e. The highest BCUT2D eigenvalue weighted by atomic mass is 19.1. The van der Waals surface area contributed by atoms with Crippen molar-refractivity contribution in [2.75, 3.05) is 5.32 Å². The molecule has 24 heavy (non-hydrogen) atoms. The van der Waals surface area contributed by atoms with Crippen molar-refractivity contribution in [1.82, 2.24) is 5.43 Å². The Morgan fingerprint density at radius 2 is 1.92 bits per heavy atom. The summed E-state index contributed by atoms with van der Waals surface area (Å²) in [6, 6.07) is 9.46. The molecule has 4 N–H and O–H groups in total. The summed E-state index contributed by atoms with van der Waals surface area (Å²) in [6.45, 7) is 1.80. The second-order valence-corrected chi connectivity index (χ2v) is 5.06. The first-order chi connectivity index (χ1) is 11.5. The third-order valence-corrected chi connectivity index (χ3v) is 3.32. The maximum Gasteiger partial charge on any atom is 0.262 e. The number of amides is 1. The molecule has 0 heterocycles. The van der Waals surface area contributed by atoms with Crippen molar-refractivity contribution in [2.45, 2.75) is 19.4 Å². The van der Waals surface area contributed by atoms with Gasteiger partial charge >= 0.3 is 0 Å². The zero-order valence-corrected chi connectivity index (χ0v) is 13.0. The molecule has 0 saturated heterocycles. The average Bonchev–Trinajstić information content (AvgIpc) is 2.55. The van der Waals surface area contributed by atoms with Gasteiger partial charge in [0.05, 0.1) is 11.8 Å². The maximum absolute atomic E-state index is 13.2. The fourth-order valence-electron chi connectivity index (χ4n) is 2.04. The molecule has 0 bridgehead atoms. The monoisotopic (exact) mass is 331 g/mol. The Hall–Kier alpha value is -3.09. The van der Waals surface area contributed by atoms with Crippen LogP contribution in [0.4, 0.5) is 10.1 Å². The van der Waals surface area contributed by atoms with E-state index in [1.165, 1.54) is 30.3 Å². The molecular formula is C17H18FN3O3. The first-order valence-electron chi connectivity index (χ1n) is 7.37. The number of benzene rings is 2. The highest BCUT2D eigenvalue weighted by Crippen LogP contribution is 2.23. The Morgan fingerprint density at radius 1 is 1.25 bits per heavy atom. The van der Waals surface area contributed by atoms with Gasteiger partial charge in [-0.2, -0.15) is 5.10 Å². The van der Waals surface area contributed by atoms with Gasteiger partial charge in [-0.3, -0.25) is 4.79 Å². The predicted octanol–water partition coefficient (Wildman–Crippen LogP) is 2.58. The summed E-state index contributed by atoms with van der Waals surface area (Å²) in [7, 11) is 0. The maximum atomic E-state index is 13.2. The molecule has 2 rings (SSSR count). The molecule has 0 spiro atoms. The molecule has 0 radical (unpaired) electrons. The molecule has 1 unspecified atom stereocenters. The van der Waals surface area contributed by atoms with E-state index in [-0.39, 0.29) is 17.1 Å². The molecule has 0 fully saturated rings. The summed E-state index contributed by atoms with van der Waals surface area (Å²) < 4.78 is 13.2. The van der Waals surface area contributed by atoms with Gasteiger partial charge in [0, 0.05) is 5.69 Å². The van der Waals surface area contributed by atoms with Crippen LogP contribution in [-0.2, 0) is 4.79 Å². The van der Waals surface area contributed by atoms with Gasteiger partial charge in [-0.15, -0.1) is 0 Å². The molecular weight excluding hydrogens is 313 g/mol. The van der Waals surface area contributed by atoms with Crippen molar-refractivity contribution in [3.8, 4) is 11.5 Å². The summed E-state index contributed by atoms with van der Waals surface area (Å²) in [6.07, 6.45) is 1.61. The third kappa shape index (κ3) is 4.45. The Kier molecular flexibility index (Phi) is 5.73. The molecule has 1 atom stereocenters. The van der Waals surface area contributed by atoms with Crippen LogP contribution in [0.1, 0.15) is 18.9 Å². The third-order valence-electron chi connectivity index (χ3n) is 3.32. The summed E-state index contributed by atoms with van der Waals surface area (Å²) in [5.41, 5.74) is 2.91. The molecule has 2 aromatic carbocycles. The number of nitrogens with one attached hydrogen (secondary N) is 2. The Labute approximate surface area is 138 Å². The van der Waals surface area contributed by atoms with Crippen LogP contribution in [0.3, 0.4) is 0 Å². The van der Waals surface area contributed by atoms with E-state index in [4.69, 9.17) is 0 Å². The highest BCUT2D eigenvalue weighted by molar-refractivity contribution is 5.89. The minimum Gasteiger partial charge on any atom is -0.507 e. The van der Waals surface area contributed by atoms with E-state index in [1.807, 2.05) is 0 Å². The molecule has 0 aliphatic carbocycles. The molecule has 0 aromatic heterocycles. The number of phenols is 2. The SMILES string of the molecule is CCC(Nc1cccc(F)c1)C(=O)NN=Cc1c(O)cccc1O. The van der Waals surface area contributed by atoms with Gasteiger partial charge in [-0.05, 0) is 36.8 Å². The number of phenolic OH excluding ortho intramolecular Hbond substituents is 2. The van der Waals surface area contributed by atoms with Crippen LogP contribution >= 0.6 is 0 Å². The number of rotatable bonds is 6. The summed E-state index contributed by atoms with van der Waals surface area (Å²) in [5, 5.41) is 25.9. The lowest BCUT2D eigenvalue weighted by molar-refractivity contribution is -0.121. The molecule has 1 amide bonds. The minimum absolute atomic E-state index is 0.101. The van der Waals surface area contributed by atoms with Gasteiger partial charge in [0.2, 0.25) is 0 Å². The number of hydrazone groups is 1.